The Bertz CT molecular complexity index is 2960. The minimum Gasteiger partial charge on any atom is -0.308 e. The van der Waals surface area contributed by atoms with Crippen LogP contribution < -0.4 is 0 Å². The number of nitrogens with zero attached hydrogens (tertiary/aromatic N) is 5. The zero-order valence-electron chi connectivity index (χ0n) is 31.0. The van der Waals surface area contributed by atoms with Crippen molar-refractivity contribution in [2.45, 2.75) is 13.1 Å². The van der Waals surface area contributed by atoms with Gasteiger partial charge in [-0.2, -0.15) is 18.4 Å². The second-order valence-electron chi connectivity index (χ2n) is 14.0. The van der Waals surface area contributed by atoms with Gasteiger partial charge in [-0.15, -0.1) is 0 Å². The van der Waals surface area contributed by atoms with Gasteiger partial charge < -0.3 is 4.57 Å². The molecule has 58 heavy (non-hydrogen) atoms. The first-order valence-electron chi connectivity index (χ1n) is 18.5. The van der Waals surface area contributed by atoms with E-state index in [1.54, 1.807) is 24.3 Å². The van der Waals surface area contributed by atoms with Gasteiger partial charge in [0.15, 0.2) is 11.5 Å². The molecule has 0 unspecified atom stereocenters. The Hall–Kier alpha value is -7.81. The Labute approximate surface area is 332 Å². The van der Waals surface area contributed by atoms with E-state index < -0.39 is 11.7 Å². The van der Waals surface area contributed by atoms with Gasteiger partial charge in [0.05, 0.1) is 51.9 Å². The minimum atomic E-state index is -4.54. The molecule has 5 nitrogen and oxygen atoms in total. The zero-order chi connectivity index (χ0) is 40.0. The molecular weight excluding hydrogens is 728 g/mol. The molecule has 0 spiro atoms. The number of hydrogen-bond donors (Lipinski definition) is 0. The molecule has 0 aliphatic rings. The van der Waals surface area contributed by atoms with E-state index in [1.165, 1.54) is 12.1 Å². The van der Waals surface area contributed by atoms with E-state index in [2.05, 4.69) is 10.9 Å². The highest BCUT2D eigenvalue weighted by Crippen LogP contribution is 2.45. The molecule has 0 aliphatic heterocycles. The van der Waals surface area contributed by atoms with Crippen LogP contribution in [0.25, 0.3) is 88.5 Å². The van der Waals surface area contributed by atoms with Crippen LogP contribution >= 0.6 is 0 Å². The van der Waals surface area contributed by atoms with Crippen molar-refractivity contribution in [1.82, 2.24) is 14.5 Å². The van der Waals surface area contributed by atoms with Crippen LogP contribution in [0, 0.1) is 24.8 Å². The normalized spacial score (nSPS) is 11.4. The van der Waals surface area contributed by atoms with Gasteiger partial charge in [-0.3, -0.25) is 0 Å². The van der Waals surface area contributed by atoms with Crippen LogP contribution in [0.4, 0.5) is 18.9 Å². The highest BCUT2D eigenvalue weighted by Gasteiger charge is 2.32. The maximum Gasteiger partial charge on any atom is 0.416 e. The van der Waals surface area contributed by atoms with Crippen LogP contribution in [0.1, 0.15) is 16.7 Å². The molecule has 0 fully saturated rings. The maximum atomic E-state index is 14.2. The van der Waals surface area contributed by atoms with E-state index in [-0.39, 0.29) is 0 Å². The van der Waals surface area contributed by atoms with Crippen molar-refractivity contribution in [3.8, 4) is 67.9 Å². The molecule has 0 amide bonds. The van der Waals surface area contributed by atoms with Gasteiger partial charge in [0, 0.05) is 38.6 Å². The molecule has 8 heteroatoms. The van der Waals surface area contributed by atoms with Crippen LogP contribution in [0.15, 0.2) is 164 Å². The van der Waals surface area contributed by atoms with Crippen LogP contribution in [-0.4, -0.2) is 14.5 Å². The number of rotatable bonds is 6. The molecule has 276 valence electrons. The Morgan fingerprint density at radius 2 is 1.12 bits per heavy atom. The van der Waals surface area contributed by atoms with Crippen LogP contribution in [-0.2, 0) is 6.18 Å². The first-order valence-corrected chi connectivity index (χ1v) is 18.5. The smallest absolute Gasteiger partial charge is 0.308 e. The molecule has 0 bridgehead atoms. The number of alkyl halides is 3. The second-order valence-corrected chi connectivity index (χ2v) is 14.0. The standard InChI is InChI=1S/C50H30F3N5/c1-31-13-23-46-42(25-31)43-28-38(50(51,52)53)20-24-47(43)58(46)48-40(33-16-14-32(30-54)15-17-33)26-37(27-41(48)34-18-21-39(55-2)22-19-34)49-56-44(35-9-5-3-6-10-35)29-45(57-49)36-11-7-4-8-12-36/h3-29H,1H3. The number of halogens is 3. The quantitative estimate of drug-likeness (QED) is 0.159. The van der Waals surface area contributed by atoms with E-state index in [0.29, 0.717) is 44.6 Å². The van der Waals surface area contributed by atoms with E-state index >= 15 is 0 Å². The molecule has 0 saturated carbocycles. The van der Waals surface area contributed by atoms with Gasteiger partial charge in [0.2, 0.25) is 0 Å². The van der Waals surface area contributed by atoms with Crippen molar-refractivity contribution < 1.29 is 13.2 Å². The first kappa shape index (κ1) is 35.9. The topological polar surface area (TPSA) is 58.9 Å². The number of hydrogen-bond acceptors (Lipinski definition) is 3. The summed E-state index contributed by atoms with van der Waals surface area (Å²) in [7, 11) is 0. The molecule has 0 radical (unpaired) electrons. The lowest BCUT2D eigenvalue weighted by Crippen LogP contribution is -2.05. The summed E-state index contributed by atoms with van der Waals surface area (Å²) in [6.45, 7) is 9.56. The molecular formula is C50H30F3N5. The van der Waals surface area contributed by atoms with E-state index in [4.69, 9.17) is 16.5 Å². The molecule has 0 aliphatic carbocycles. The number of fused-ring (bicyclic) bond motifs is 3. The van der Waals surface area contributed by atoms with Crippen LogP contribution in [0.5, 0.6) is 0 Å². The summed E-state index contributed by atoms with van der Waals surface area (Å²) in [5.41, 5.74) is 10.1. The molecule has 0 saturated heterocycles. The summed E-state index contributed by atoms with van der Waals surface area (Å²) in [4.78, 5) is 13.9. The summed E-state index contributed by atoms with van der Waals surface area (Å²) in [5, 5.41) is 10.9. The average Bonchev–Trinajstić information content (AvgIpc) is 3.58. The second kappa shape index (κ2) is 14.4. The zero-order valence-corrected chi connectivity index (χ0v) is 31.0. The van der Waals surface area contributed by atoms with Gasteiger partial charge in [-0.25, -0.2) is 14.8 Å². The van der Waals surface area contributed by atoms with E-state index in [9.17, 15) is 18.4 Å². The Morgan fingerprint density at radius 1 is 0.586 bits per heavy atom. The van der Waals surface area contributed by atoms with Crippen LogP contribution in [0.2, 0.25) is 0 Å². The van der Waals surface area contributed by atoms with Crippen molar-refractivity contribution in [2.75, 3.05) is 0 Å². The van der Waals surface area contributed by atoms with Gasteiger partial charge in [-0.05, 0) is 78.7 Å². The van der Waals surface area contributed by atoms with E-state index in [0.717, 1.165) is 61.9 Å². The lowest BCUT2D eigenvalue weighted by Gasteiger charge is -2.21. The van der Waals surface area contributed by atoms with Gasteiger partial charge in [0.25, 0.3) is 0 Å². The fraction of sp³-hybridized carbons (Fsp3) is 0.0400. The summed E-state index contributed by atoms with van der Waals surface area (Å²) < 4.78 is 44.7. The SMILES string of the molecule is [C-]#[N+]c1ccc(-c2cc(-c3nc(-c4ccccc4)cc(-c4ccccc4)n3)cc(-c3ccc(C#N)cc3)c2-n2c3ccc(C)cc3c3cc(C(F)(F)F)ccc32)cc1. The molecule has 0 atom stereocenters. The number of benzene rings is 7. The third-order valence-corrected chi connectivity index (χ3v) is 10.3. The van der Waals surface area contributed by atoms with Gasteiger partial charge in [0.1, 0.15) is 0 Å². The van der Waals surface area contributed by atoms with Crippen molar-refractivity contribution in [1.29, 1.82) is 5.26 Å². The van der Waals surface area contributed by atoms with Crippen molar-refractivity contribution in [3.63, 3.8) is 0 Å². The summed E-state index contributed by atoms with van der Waals surface area (Å²) in [5.74, 6) is 0.466. The lowest BCUT2D eigenvalue weighted by molar-refractivity contribution is -0.137. The molecule has 7 aromatic carbocycles. The van der Waals surface area contributed by atoms with Crippen molar-refractivity contribution in [3.05, 3.63) is 192 Å². The number of aryl methyl sites for hydroxylation is 1. The Kier molecular flexibility index (Phi) is 8.88. The largest absolute Gasteiger partial charge is 0.416 e. The molecule has 9 aromatic rings. The predicted octanol–water partition coefficient (Wildman–Crippen LogP) is 13.7. The highest BCUT2D eigenvalue weighted by atomic mass is 19.4. The molecule has 2 aromatic heterocycles. The van der Waals surface area contributed by atoms with Gasteiger partial charge >= 0.3 is 6.18 Å². The highest BCUT2D eigenvalue weighted by molar-refractivity contribution is 6.11. The fourth-order valence-corrected chi connectivity index (χ4v) is 7.53. The monoisotopic (exact) mass is 757 g/mol. The van der Waals surface area contributed by atoms with Crippen molar-refractivity contribution >= 4 is 27.5 Å². The summed E-state index contributed by atoms with van der Waals surface area (Å²) in [6, 6.07) is 52.2. The van der Waals surface area contributed by atoms with E-state index in [1.807, 2.05) is 133 Å². The summed E-state index contributed by atoms with van der Waals surface area (Å²) >= 11 is 0. The van der Waals surface area contributed by atoms with Gasteiger partial charge in [-0.1, -0.05) is 109 Å². The first-order chi connectivity index (χ1) is 28.2. The molecule has 2 heterocycles. The predicted molar refractivity (Wildman–Crippen MR) is 224 cm³/mol. The summed E-state index contributed by atoms with van der Waals surface area (Å²) in [6.07, 6.45) is -4.54. The molecule has 0 N–H and O–H groups in total. The number of nitriles is 1. The fourth-order valence-electron chi connectivity index (χ4n) is 7.53. The third kappa shape index (κ3) is 6.53. The van der Waals surface area contributed by atoms with Crippen molar-refractivity contribution in [2.24, 2.45) is 0 Å². The Morgan fingerprint density at radius 3 is 1.66 bits per heavy atom. The maximum absolute atomic E-state index is 14.2. The number of aromatic nitrogens is 3. The minimum absolute atomic E-state index is 0.462. The Balaban J connectivity index is 1.42. The van der Waals surface area contributed by atoms with Crippen LogP contribution in [0.3, 0.4) is 0 Å². The molecule has 9 rings (SSSR count). The third-order valence-electron chi connectivity index (χ3n) is 10.3. The lowest BCUT2D eigenvalue weighted by atomic mass is 9.92. The average molecular weight is 758 g/mol.